The standard InChI is InChI=1S/C11H15N5/c1-3-6-16-10(4-5-13-16)9-7-8(2)14-11(12)15-9/h4-5,7H,3,6H2,1-2H3,(H2,12,14,15). The van der Waals surface area contributed by atoms with Gasteiger partial charge in [-0.05, 0) is 25.5 Å². The van der Waals surface area contributed by atoms with E-state index in [0.29, 0.717) is 5.95 Å². The Morgan fingerprint density at radius 3 is 2.88 bits per heavy atom. The summed E-state index contributed by atoms with van der Waals surface area (Å²) >= 11 is 0. The molecule has 0 amide bonds. The number of nitrogen functional groups attached to an aromatic ring is 1. The number of nitrogens with zero attached hydrogens (tertiary/aromatic N) is 4. The maximum absolute atomic E-state index is 5.64. The molecule has 0 bridgehead atoms. The minimum atomic E-state index is 0.305. The Labute approximate surface area is 94.3 Å². The molecule has 2 N–H and O–H groups in total. The molecular weight excluding hydrogens is 202 g/mol. The number of aromatic nitrogens is 4. The molecule has 2 heterocycles. The van der Waals surface area contributed by atoms with Crippen LogP contribution in [-0.2, 0) is 6.54 Å². The SMILES string of the molecule is CCCn1nccc1-c1cc(C)nc(N)n1. The first-order valence-electron chi connectivity index (χ1n) is 5.34. The molecule has 0 saturated heterocycles. The van der Waals surface area contributed by atoms with Crippen molar-refractivity contribution < 1.29 is 0 Å². The average Bonchev–Trinajstić information content (AvgIpc) is 2.65. The Bertz CT molecular complexity index is 469. The summed E-state index contributed by atoms with van der Waals surface area (Å²) < 4.78 is 1.93. The number of rotatable bonds is 3. The number of nitrogens with two attached hydrogens (primary N) is 1. The van der Waals surface area contributed by atoms with Gasteiger partial charge in [-0.1, -0.05) is 6.92 Å². The van der Waals surface area contributed by atoms with Gasteiger partial charge in [0.2, 0.25) is 5.95 Å². The number of aryl methyl sites for hydroxylation is 2. The van der Waals surface area contributed by atoms with Crippen molar-refractivity contribution in [2.75, 3.05) is 5.73 Å². The lowest BCUT2D eigenvalue weighted by Crippen LogP contribution is -2.04. The predicted octanol–water partition coefficient (Wildman–Crippen LogP) is 1.64. The first-order chi connectivity index (χ1) is 7.70. The van der Waals surface area contributed by atoms with Crippen molar-refractivity contribution >= 4 is 5.95 Å². The van der Waals surface area contributed by atoms with Crippen molar-refractivity contribution in [1.82, 2.24) is 19.7 Å². The van der Waals surface area contributed by atoms with E-state index in [1.54, 1.807) is 6.20 Å². The van der Waals surface area contributed by atoms with E-state index in [2.05, 4.69) is 22.0 Å². The fourth-order valence-electron chi connectivity index (χ4n) is 1.66. The van der Waals surface area contributed by atoms with Crippen molar-refractivity contribution in [3.63, 3.8) is 0 Å². The molecule has 5 heteroatoms. The highest BCUT2D eigenvalue weighted by molar-refractivity contribution is 5.55. The van der Waals surface area contributed by atoms with Crippen LogP contribution in [0, 0.1) is 6.92 Å². The van der Waals surface area contributed by atoms with Crippen molar-refractivity contribution in [2.24, 2.45) is 0 Å². The predicted molar refractivity (Wildman–Crippen MR) is 62.7 cm³/mol. The van der Waals surface area contributed by atoms with Crippen molar-refractivity contribution in [1.29, 1.82) is 0 Å². The number of anilines is 1. The first-order valence-corrected chi connectivity index (χ1v) is 5.34. The summed E-state index contributed by atoms with van der Waals surface area (Å²) in [6, 6.07) is 3.86. The summed E-state index contributed by atoms with van der Waals surface area (Å²) in [4.78, 5) is 8.28. The summed E-state index contributed by atoms with van der Waals surface area (Å²) in [5, 5.41) is 4.26. The molecule has 0 atom stereocenters. The van der Waals surface area contributed by atoms with Gasteiger partial charge in [0, 0.05) is 18.4 Å². The minimum Gasteiger partial charge on any atom is -0.368 e. The summed E-state index contributed by atoms with van der Waals surface area (Å²) in [6.07, 6.45) is 2.81. The Hall–Kier alpha value is -1.91. The average molecular weight is 217 g/mol. The maximum Gasteiger partial charge on any atom is 0.220 e. The van der Waals surface area contributed by atoms with Gasteiger partial charge in [-0.15, -0.1) is 0 Å². The van der Waals surface area contributed by atoms with Crippen LogP contribution in [0.15, 0.2) is 18.3 Å². The molecule has 0 fully saturated rings. The molecule has 0 spiro atoms. The lowest BCUT2D eigenvalue weighted by atomic mass is 10.2. The van der Waals surface area contributed by atoms with Crippen LogP contribution < -0.4 is 5.73 Å². The molecule has 5 nitrogen and oxygen atoms in total. The van der Waals surface area contributed by atoms with Crippen LogP contribution in [0.1, 0.15) is 19.0 Å². The topological polar surface area (TPSA) is 69.6 Å². The second kappa shape index (κ2) is 4.30. The third kappa shape index (κ3) is 2.03. The summed E-state index contributed by atoms with van der Waals surface area (Å²) in [7, 11) is 0. The van der Waals surface area contributed by atoms with Gasteiger partial charge in [0.1, 0.15) is 0 Å². The molecule has 84 valence electrons. The largest absolute Gasteiger partial charge is 0.368 e. The molecule has 0 aliphatic rings. The fraction of sp³-hybridized carbons (Fsp3) is 0.364. The Morgan fingerprint density at radius 1 is 1.38 bits per heavy atom. The van der Waals surface area contributed by atoms with Gasteiger partial charge < -0.3 is 5.73 Å². The van der Waals surface area contributed by atoms with E-state index in [9.17, 15) is 0 Å². The zero-order chi connectivity index (χ0) is 11.5. The molecular formula is C11H15N5. The van der Waals surface area contributed by atoms with E-state index in [1.807, 2.05) is 23.7 Å². The lowest BCUT2D eigenvalue weighted by molar-refractivity contribution is 0.608. The van der Waals surface area contributed by atoms with Crippen LogP contribution in [0.5, 0.6) is 0 Å². The fourth-order valence-corrected chi connectivity index (χ4v) is 1.66. The molecule has 0 aliphatic heterocycles. The van der Waals surface area contributed by atoms with Gasteiger partial charge in [0.05, 0.1) is 11.4 Å². The molecule has 0 aliphatic carbocycles. The highest BCUT2D eigenvalue weighted by Crippen LogP contribution is 2.18. The molecule has 0 radical (unpaired) electrons. The number of hydrogen-bond donors (Lipinski definition) is 1. The van der Waals surface area contributed by atoms with E-state index in [4.69, 9.17) is 5.73 Å². The van der Waals surface area contributed by atoms with Crippen LogP contribution in [0.3, 0.4) is 0 Å². The molecule has 2 aromatic heterocycles. The third-order valence-corrected chi connectivity index (χ3v) is 2.29. The van der Waals surface area contributed by atoms with Crippen LogP contribution in [0.4, 0.5) is 5.95 Å². The van der Waals surface area contributed by atoms with Crippen LogP contribution in [0.25, 0.3) is 11.4 Å². The summed E-state index contributed by atoms with van der Waals surface area (Å²) in [5.41, 5.74) is 8.32. The molecule has 16 heavy (non-hydrogen) atoms. The minimum absolute atomic E-state index is 0.305. The second-order valence-corrected chi connectivity index (χ2v) is 3.69. The Kier molecular flexibility index (Phi) is 2.85. The molecule has 0 aromatic carbocycles. The van der Waals surface area contributed by atoms with Gasteiger partial charge in [-0.25, -0.2) is 9.97 Å². The normalized spacial score (nSPS) is 10.6. The highest BCUT2D eigenvalue weighted by atomic mass is 15.3. The highest BCUT2D eigenvalue weighted by Gasteiger charge is 2.07. The molecule has 0 unspecified atom stereocenters. The van der Waals surface area contributed by atoms with Gasteiger partial charge >= 0.3 is 0 Å². The van der Waals surface area contributed by atoms with E-state index >= 15 is 0 Å². The van der Waals surface area contributed by atoms with E-state index in [0.717, 1.165) is 30.0 Å². The van der Waals surface area contributed by atoms with Crippen LogP contribution in [-0.4, -0.2) is 19.7 Å². The molecule has 2 rings (SSSR count). The quantitative estimate of drug-likeness (QED) is 0.848. The number of hydrogen-bond acceptors (Lipinski definition) is 4. The molecule has 2 aromatic rings. The third-order valence-electron chi connectivity index (χ3n) is 2.29. The maximum atomic E-state index is 5.64. The van der Waals surface area contributed by atoms with Gasteiger partial charge in [0.15, 0.2) is 0 Å². The van der Waals surface area contributed by atoms with Gasteiger partial charge in [0.25, 0.3) is 0 Å². The zero-order valence-electron chi connectivity index (χ0n) is 9.51. The van der Waals surface area contributed by atoms with E-state index < -0.39 is 0 Å². The monoisotopic (exact) mass is 217 g/mol. The summed E-state index contributed by atoms with van der Waals surface area (Å²) in [6.45, 7) is 4.90. The van der Waals surface area contributed by atoms with Crippen molar-refractivity contribution in [2.45, 2.75) is 26.8 Å². The zero-order valence-corrected chi connectivity index (χ0v) is 9.51. The van der Waals surface area contributed by atoms with Crippen molar-refractivity contribution in [3.05, 3.63) is 24.0 Å². The second-order valence-electron chi connectivity index (χ2n) is 3.69. The van der Waals surface area contributed by atoms with E-state index in [-0.39, 0.29) is 0 Å². The van der Waals surface area contributed by atoms with Crippen LogP contribution in [0.2, 0.25) is 0 Å². The summed E-state index contributed by atoms with van der Waals surface area (Å²) in [5.74, 6) is 0.305. The lowest BCUT2D eigenvalue weighted by Gasteiger charge is -2.06. The van der Waals surface area contributed by atoms with Gasteiger partial charge in [-0.3, -0.25) is 4.68 Å². The smallest absolute Gasteiger partial charge is 0.220 e. The van der Waals surface area contributed by atoms with Crippen LogP contribution >= 0.6 is 0 Å². The first kappa shape index (κ1) is 10.6. The van der Waals surface area contributed by atoms with E-state index in [1.165, 1.54) is 0 Å². The Balaban J connectivity index is 2.45. The van der Waals surface area contributed by atoms with Gasteiger partial charge in [-0.2, -0.15) is 5.10 Å². The molecule has 0 saturated carbocycles. The van der Waals surface area contributed by atoms with Crippen molar-refractivity contribution in [3.8, 4) is 11.4 Å². The Morgan fingerprint density at radius 2 is 2.19 bits per heavy atom.